The fourth-order valence-corrected chi connectivity index (χ4v) is 1.80. The lowest BCUT2D eigenvalue weighted by molar-refractivity contribution is -0.117. The molecule has 1 N–H and O–H groups in total. The van der Waals surface area contributed by atoms with E-state index < -0.39 is 17.7 Å². The Morgan fingerprint density at radius 2 is 1.95 bits per heavy atom. The van der Waals surface area contributed by atoms with E-state index in [1.165, 1.54) is 24.3 Å². The molecule has 22 heavy (non-hydrogen) atoms. The van der Waals surface area contributed by atoms with Crippen LogP contribution in [0.15, 0.2) is 30.3 Å². The number of benzene rings is 1. The van der Waals surface area contributed by atoms with E-state index in [0.29, 0.717) is 30.7 Å². The maximum atomic E-state index is 13.1. The summed E-state index contributed by atoms with van der Waals surface area (Å²) in [5.74, 6) is -0.793. The summed E-state index contributed by atoms with van der Waals surface area (Å²) in [7, 11) is 0. The second-order valence-corrected chi connectivity index (χ2v) is 4.84. The van der Waals surface area contributed by atoms with E-state index in [9.17, 15) is 18.0 Å². The molecule has 7 heteroatoms. The SMILES string of the molecule is CCOCCCNC(=O)/C=C(/c1ccc(Cl)cc1)C(F)(F)F. The van der Waals surface area contributed by atoms with Crippen LogP contribution in [0.4, 0.5) is 13.2 Å². The van der Waals surface area contributed by atoms with Crippen molar-refractivity contribution in [3.63, 3.8) is 0 Å². The second-order valence-electron chi connectivity index (χ2n) is 4.40. The van der Waals surface area contributed by atoms with Crippen molar-refractivity contribution in [2.75, 3.05) is 19.8 Å². The molecule has 0 aliphatic carbocycles. The molecule has 0 saturated carbocycles. The summed E-state index contributed by atoms with van der Waals surface area (Å²) < 4.78 is 44.2. The normalized spacial score (nSPS) is 12.3. The predicted octanol–water partition coefficient (Wildman–Crippen LogP) is 3.83. The molecule has 0 heterocycles. The number of allylic oxidation sites excluding steroid dienone is 1. The molecule has 0 aliphatic heterocycles. The van der Waals surface area contributed by atoms with Crippen LogP contribution in [0.25, 0.3) is 5.57 Å². The van der Waals surface area contributed by atoms with Crippen LogP contribution in [0, 0.1) is 0 Å². The number of carbonyl (C=O) groups is 1. The third-order valence-electron chi connectivity index (χ3n) is 2.70. The number of alkyl halides is 3. The predicted molar refractivity (Wildman–Crippen MR) is 79.6 cm³/mol. The molecule has 1 aromatic carbocycles. The van der Waals surface area contributed by atoms with Gasteiger partial charge in [0.25, 0.3) is 0 Å². The van der Waals surface area contributed by atoms with Gasteiger partial charge in [-0.1, -0.05) is 23.7 Å². The van der Waals surface area contributed by atoms with E-state index >= 15 is 0 Å². The maximum absolute atomic E-state index is 13.1. The van der Waals surface area contributed by atoms with Gasteiger partial charge in [-0.3, -0.25) is 4.79 Å². The van der Waals surface area contributed by atoms with Gasteiger partial charge in [0.05, 0.1) is 5.57 Å². The Hall–Kier alpha value is -1.53. The number of ether oxygens (including phenoxy) is 1. The summed E-state index contributed by atoms with van der Waals surface area (Å²) >= 11 is 5.65. The number of amides is 1. The highest BCUT2D eigenvalue weighted by Crippen LogP contribution is 2.34. The first-order chi connectivity index (χ1) is 10.3. The lowest BCUT2D eigenvalue weighted by atomic mass is 10.1. The summed E-state index contributed by atoms with van der Waals surface area (Å²) in [4.78, 5) is 11.6. The molecule has 0 bridgehead atoms. The first kappa shape index (κ1) is 18.5. The number of halogens is 4. The number of nitrogens with one attached hydrogen (secondary N) is 1. The van der Waals surface area contributed by atoms with Crippen molar-refractivity contribution in [1.82, 2.24) is 5.32 Å². The minimum atomic E-state index is -4.63. The Bertz CT molecular complexity index is 513. The molecule has 1 aromatic rings. The lowest BCUT2D eigenvalue weighted by Gasteiger charge is -2.12. The second kappa shape index (κ2) is 8.80. The van der Waals surface area contributed by atoms with Crippen molar-refractivity contribution in [1.29, 1.82) is 0 Å². The molecule has 3 nitrogen and oxygen atoms in total. The molecule has 1 amide bonds. The highest BCUT2D eigenvalue weighted by molar-refractivity contribution is 6.30. The average Bonchev–Trinajstić information content (AvgIpc) is 2.44. The van der Waals surface area contributed by atoms with Crippen molar-refractivity contribution in [3.8, 4) is 0 Å². The Labute approximate surface area is 132 Å². The standard InChI is InChI=1S/C15H17ClF3NO2/c1-2-22-9-3-8-20-14(21)10-13(15(17,18)19)11-4-6-12(16)7-5-11/h4-7,10H,2-3,8-9H2,1H3,(H,20,21)/b13-10-. The van der Waals surface area contributed by atoms with Gasteiger partial charge >= 0.3 is 6.18 Å². The van der Waals surface area contributed by atoms with Crippen LogP contribution >= 0.6 is 11.6 Å². The van der Waals surface area contributed by atoms with Crippen LogP contribution in [0.2, 0.25) is 5.02 Å². The molecule has 0 spiro atoms. The van der Waals surface area contributed by atoms with Gasteiger partial charge in [-0.05, 0) is 31.0 Å². The topological polar surface area (TPSA) is 38.3 Å². The Kier molecular flexibility index (Phi) is 7.41. The van der Waals surface area contributed by atoms with Crippen LogP contribution < -0.4 is 5.32 Å². The monoisotopic (exact) mass is 335 g/mol. The van der Waals surface area contributed by atoms with E-state index in [0.717, 1.165) is 0 Å². The summed E-state index contributed by atoms with van der Waals surface area (Å²) in [6.07, 6.45) is -3.53. The van der Waals surface area contributed by atoms with Crippen molar-refractivity contribution < 1.29 is 22.7 Å². The molecule has 0 unspecified atom stereocenters. The van der Waals surface area contributed by atoms with E-state index in [1.54, 1.807) is 0 Å². The highest BCUT2D eigenvalue weighted by atomic mass is 35.5. The van der Waals surface area contributed by atoms with E-state index in [2.05, 4.69) is 5.32 Å². The minimum Gasteiger partial charge on any atom is -0.382 e. The Balaban J connectivity index is 2.75. The van der Waals surface area contributed by atoms with Gasteiger partial charge in [-0.15, -0.1) is 0 Å². The van der Waals surface area contributed by atoms with Gasteiger partial charge in [-0.25, -0.2) is 0 Å². The van der Waals surface area contributed by atoms with Crippen molar-refractivity contribution in [2.24, 2.45) is 0 Å². The third kappa shape index (κ3) is 6.49. The van der Waals surface area contributed by atoms with E-state index in [4.69, 9.17) is 16.3 Å². The maximum Gasteiger partial charge on any atom is 0.417 e. The fraction of sp³-hybridized carbons (Fsp3) is 0.400. The summed E-state index contributed by atoms with van der Waals surface area (Å²) in [5, 5.41) is 2.73. The highest BCUT2D eigenvalue weighted by Gasteiger charge is 2.35. The quantitative estimate of drug-likeness (QED) is 0.607. The first-order valence-corrected chi connectivity index (χ1v) is 7.12. The summed E-state index contributed by atoms with van der Waals surface area (Å²) in [6, 6.07) is 5.14. The zero-order valence-corrected chi connectivity index (χ0v) is 12.8. The van der Waals surface area contributed by atoms with Gasteiger partial charge in [0, 0.05) is 30.9 Å². The van der Waals surface area contributed by atoms with Gasteiger partial charge in [-0.2, -0.15) is 13.2 Å². The Morgan fingerprint density at radius 1 is 1.32 bits per heavy atom. The largest absolute Gasteiger partial charge is 0.417 e. The van der Waals surface area contributed by atoms with Crippen LogP contribution in [0.3, 0.4) is 0 Å². The molecule has 0 fully saturated rings. The first-order valence-electron chi connectivity index (χ1n) is 6.75. The van der Waals surface area contributed by atoms with Crippen molar-refractivity contribution in [3.05, 3.63) is 40.9 Å². The molecule has 0 saturated heterocycles. The smallest absolute Gasteiger partial charge is 0.382 e. The number of hydrogen-bond donors (Lipinski definition) is 1. The molecule has 1 rings (SSSR count). The average molecular weight is 336 g/mol. The van der Waals surface area contributed by atoms with Crippen LogP contribution in [0.5, 0.6) is 0 Å². The zero-order valence-electron chi connectivity index (χ0n) is 12.0. The van der Waals surface area contributed by atoms with Crippen LogP contribution in [-0.2, 0) is 9.53 Å². The van der Waals surface area contributed by atoms with E-state index in [1.807, 2.05) is 6.92 Å². The molecule has 0 aromatic heterocycles. The molecule has 0 aliphatic rings. The van der Waals surface area contributed by atoms with E-state index in [-0.39, 0.29) is 12.1 Å². The van der Waals surface area contributed by atoms with Crippen molar-refractivity contribution >= 4 is 23.1 Å². The Morgan fingerprint density at radius 3 is 2.50 bits per heavy atom. The zero-order chi connectivity index (χ0) is 16.6. The van der Waals surface area contributed by atoms with Gasteiger partial charge < -0.3 is 10.1 Å². The molecular formula is C15H17ClF3NO2. The number of rotatable bonds is 7. The molecular weight excluding hydrogens is 319 g/mol. The van der Waals surface area contributed by atoms with Crippen LogP contribution in [0.1, 0.15) is 18.9 Å². The number of carbonyl (C=O) groups excluding carboxylic acids is 1. The van der Waals surface area contributed by atoms with Crippen molar-refractivity contribution in [2.45, 2.75) is 19.5 Å². The summed E-state index contributed by atoms with van der Waals surface area (Å²) in [6.45, 7) is 3.09. The molecule has 0 radical (unpaired) electrons. The molecule has 0 atom stereocenters. The van der Waals surface area contributed by atoms with Gasteiger partial charge in [0.1, 0.15) is 0 Å². The van der Waals surface area contributed by atoms with Gasteiger partial charge in [0.2, 0.25) is 5.91 Å². The molecule has 122 valence electrons. The van der Waals surface area contributed by atoms with Crippen LogP contribution in [-0.4, -0.2) is 31.8 Å². The minimum absolute atomic E-state index is 0.110. The van der Waals surface area contributed by atoms with Gasteiger partial charge in [0.15, 0.2) is 0 Å². The third-order valence-corrected chi connectivity index (χ3v) is 2.96. The summed E-state index contributed by atoms with van der Waals surface area (Å²) in [5.41, 5.74) is -1.12. The number of hydrogen-bond acceptors (Lipinski definition) is 2. The lowest BCUT2D eigenvalue weighted by Crippen LogP contribution is -2.25. The fourth-order valence-electron chi connectivity index (χ4n) is 1.67.